The van der Waals surface area contributed by atoms with E-state index < -0.39 is 4.92 Å². The molecule has 3 rings (SSSR count). The number of hydrogen-bond donors (Lipinski definition) is 0. The van der Waals surface area contributed by atoms with E-state index in [9.17, 15) is 10.1 Å². The normalized spacial score (nSPS) is 19.0. The van der Waals surface area contributed by atoms with Crippen LogP contribution >= 0.6 is 0 Å². The molecule has 1 aromatic heterocycles. The minimum Gasteiger partial charge on any atom is -0.277 e. The van der Waals surface area contributed by atoms with Gasteiger partial charge in [-0.3, -0.25) is 19.7 Å². The Morgan fingerprint density at radius 3 is 2.81 bits per heavy atom. The predicted molar refractivity (Wildman–Crippen MR) is 78.7 cm³/mol. The van der Waals surface area contributed by atoms with Gasteiger partial charge in [-0.05, 0) is 25.3 Å². The number of aryl methyl sites for hydroxylation is 1. The molecule has 0 radical (unpaired) electrons. The molecule has 1 aromatic carbocycles. The van der Waals surface area contributed by atoms with E-state index in [1.54, 1.807) is 4.68 Å². The summed E-state index contributed by atoms with van der Waals surface area (Å²) in [5.74, 6) is 0. The van der Waals surface area contributed by atoms with E-state index in [-0.39, 0.29) is 5.69 Å². The molecule has 21 heavy (non-hydrogen) atoms. The minimum absolute atomic E-state index is 0.0427. The standard InChI is InChI=1S/C15H18N4O2/c1-12-4-6-13(7-5-12)15-3-2-8-17(15)11-18-10-14(9-16-18)19(20)21/h4-7,9-10,15H,2-3,8,11H2,1H3. The van der Waals surface area contributed by atoms with Gasteiger partial charge in [0.1, 0.15) is 12.4 Å². The molecule has 0 bridgehead atoms. The number of aromatic nitrogens is 2. The van der Waals surface area contributed by atoms with E-state index in [4.69, 9.17) is 0 Å². The molecule has 1 aliphatic rings. The molecular weight excluding hydrogens is 268 g/mol. The van der Waals surface area contributed by atoms with Crippen molar-refractivity contribution >= 4 is 5.69 Å². The van der Waals surface area contributed by atoms with Crippen molar-refractivity contribution in [3.05, 3.63) is 57.9 Å². The highest BCUT2D eigenvalue weighted by atomic mass is 16.6. The topological polar surface area (TPSA) is 64.2 Å². The Morgan fingerprint density at radius 1 is 1.38 bits per heavy atom. The smallest absolute Gasteiger partial charge is 0.277 e. The lowest BCUT2D eigenvalue weighted by molar-refractivity contribution is -0.385. The Kier molecular flexibility index (Phi) is 3.70. The molecule has 2 heterocycles. The number of rotatable bonds is 4. The van der Waals surface area contributed by atoms with Crippen molar-refractivity contribution < 1.29 is 4.92 Å². The molecule has 0 aliphatic carbocycles. The summed E-state index contributed by atoms with van der Waals surface area (Å²) in [4.78, 5) is 12.6. The maximum Gasteiger partial charge on any atom is 0.307 e. The Hall–Kier alpha value is -2.21. The zero-order chi connectivity index (χ0) is 14.8. The van der Waals surface area contributed by atoms with E-state index in [2.05, 4.69) is 41.2 Å². The van der Waals surface area contributed by atoms with Gasteiger partial charge in [-0.15, -0.1) is 0 Å². The largest absolute Gasteiger partial charge is 0.307 e. The molecule has 0 spiro atoms. The summed E-state index contributed by atoms with van der Waals surface area (Å²) in [5.41, 5.74) is 2.60. The molecule has 1 unspecified atom stereocenters. The Labute approximate surface area is 123 Å². The third-order valence-corrected chi connectivity index (χ3v) is 3.98. The van der Waals surface area contributed by atoms with E-state index in [1.165, 1.54) is 23.5 Å². The van der Waals surface area contributed by atoms with Crippen molar-refractivity contribution in [3.8, 4) is 0 Å². The number of nitro groups is 1. The van der Waals surface area contributed by atoms with Gasteiger partial charge in [0.05, 0.1) is 11.6 Å². The van der Waals surface area contributed by atoms with Crippen LogP contribution in [0.25, 0.3) is 0 Å². The molecule has 0 saturated carbocycles. The second-order valence-corrected chi connectivity index (χ2v) is 5.52. The van der Waals surface area contributed by atoms with Gasteiger partial charge in [-0.25, -0.2) is 0 Å². The van der Waals surface area contributed by atoms with Gasteiger partial charge in [0.2, 0.25) is 0 Å². The first-order valence-electron chi connectivity index (χ1n) is 7.11. The quantitative estimate of drug-likeness (QED) is 0.640. The highest BCUT2D eigenvalue weighted by Crippen LogP contribution is 2.32. The van der Waals surface area contributed by atoms with Gasteiger partial charge < -0.3 is 0 Å². The van der Waals surface area contributed by atoms with Crippen molar-refractivity contribution in [1.82, 2.24) is 14.7 Å². The predicted octanol–water partition coefficient (Wildman–Crippen LogP) is 2.89. The van der Waals surface area contributed by atoms with E-state index in [0.29, 0.717) is 12.7 Å². The van der Waals surface area contributed by atoms with Crippen LogP contribution in [0.4, 0.5) is 5.69 Å². The lowest BCUT2D eigenvalue weighted by Crippen LogP contribution is -2.26. The van der Waals surface area contributed by atoms with Gasteiger partial charge in [0, 0.05) is 12.6 Å². The summed E-state index contributed by atoms with van der Waals surface area (Å²) in [6.07, 6.45) is 5.05. The number of nitrogens with zero attached hydrogens (tertiary/aromatic N) is 4. The molecule has 110 valence electrons. The molecule has 2 aromatic rings. The average molecular weight is 286 g/mol. The van der Waals surface area contributed by atoms with Crippen LogP contribution in [-0.2, 0) is 6.67 Å². The third-order valence-electron chi connectivity index (χ3n) is 3.98. The van der Waals surface area contributed by atoms with E-state index in [0.717, 1.165) is 19.4 Å². The van der Waals surface area contributed by atoms with Crippen LogP contribution in [0, 0.1) is 17.0 Å². The number of hydrogen-bond acceptors (Lipinski definition) is 4. The Balaban J connectivity index is 1.74. The fourth-order valence-electron chi connectivity index (χ4n) is 2.87. The molecular formula is C15H18N4O2. The van der Waals surface area contributed by atoms with Gasteiger partial charge >= 0.3 is 5.69 Å². The zero-order valence-electron chi connectivity index (χ0n) is 12.0. The average Bonchev–Trinajstić information content (AvgIpc) is 3.10. The van der Waals surface area contributed by atoms with Gasteiger partial charge in [0.25, 0.3) is 0 Å². The molecule has 6 heteroatoms. The first-order chi connectivity index (χ1) is 10.1. The fraction of sp³-hybridized carbons (Fsp3) is 0.400. The van der Waals surface area contributed by atoms with Crippen LogP contribution in [0.1, 0.15) is 30.0 Å². The highest BCUT2D eigenvalue weighted by Gasteiger charge is 2.26. The number of benzene rings is 1. The zero-order valence-corrected chi connectivity index (χ0v) is 12.0. The number of likely N-dealkylation sites (tertiary alicyclic amines) is 1. The van der Waals surface area contributed by atoms with Crippen LogP contribution in [0.5, 0.6) is 0 Å². The van der Waals surface area contributed by atoms with Gasteiger partial charge in [0.15, 0.2) is 0 Å². The van der Waals surface area contributed by atoms with Crippen LogP contribution in [0.3, 0.4) is 0 Å². The lowest BCUT2D eigenvalue weighted by atomic mass is 10.0. The van der Waals surface area contributed by atoms with Crippen molar-refractivity contribution in [1.29, 1.82) is 0 Å². The molecule has 1 fully saturated rings. The molecule has 1 atom stereocenters. The maximum atomic E-state index is 10.7. The van der Waals surface area contributed by atoms with Crippen LogP contribution < -0.4 is 0 Å². The first kappa shape index (κ1) is 13.8. The van der Waals surface area contributed by atoms with Crippen molar-refractivity contribution in [2.24, 2.45) is 0 Å². The summed E-state index contributed by atoms with van der Waals surface area (Å²) in [5, 5.41) is 14.8. The second kappa shape index (κ2) is 5.65. The van der Waals surface area contributed by atoms with Crippen LogP contribution in [0.15, 0.2) is 36.7 Å². The summed E-state index contributed by atoms with van der Waals surface area (Å²) >= 11 is 0. The molecule has 1 saturated heterocycles. The molecule has 6 nitrogen and oxygen atoms in total. The third kappa shape index (κ3) is 2.95. The maximum absolute atomic E-state index is 10.7. The SMILES string of the molecule is Cc1ccc(C2CCCN2Cn2cc([N+](=O)[O-])cn2)cc1. The summed E-state index contributed by atoms with van der Waals surface area (Å²) in [6.45, 7) is 3.66. The Morgan fingerprint density at radius 2 is 2.14 bits per heavy atom. The van der Waals surface area contributed by atoms with E-state index >= 15 is 0 Å². The monoisotopic (exact) mass is 286 g/mol. The molecule has 0 N–H and O–H groups in total. The van der Waals surface area contributed by atoms with E-state index in [1.807, 2.05) is 0 Å². The summed E-state index contributed by atoms with van der Waals surface area (Å²) < 4.78 is 1.64. The second-order valence-electron chi connectivity index (χ2n) is 5.52. The lowest BCUT2D eigenvalue weighted by Gasteiger charge is -2.24. The minimum atomic E-state index is -0.412. The van der Waals surface area contributed by atoms with Crippen LogP contribution in [-0.4, -0.2) is 26.1 Å². The fourth-order valence-corrected chi connectivity index (χ4v) is 2.87. The molecule has 1 aliphatic heterocycles. The summed E-state index contributed by atoms with van der Waals surface area (Å²) in [6, 6.07) is 8.97. The molecule has 0 amide bonds. The van der Waals surface area contributed by atoms with Crippen molar-refractivity contribution in [2.45, 2.75) is 32.5 Å². The van der Waals surface area contributed by atoms with Crippen LogP contribution in [0.2, 0.25) is 0 Å². The Bertz CT molecular complexity index is 635. The van der Waals surface area contributed by atoms with Crippen molar-refractivity contribution in [2.75, 3.05) is 6.54 Å². The summed E-state index contributed by atoms with van der Waals surface area (Å²) in [7, 11) is 0. The van der Waals surface area contributed by atoms with Crippen molar-refractivity contribution in [3.63, 3.8) is 0 Å². The first-order valence-corrected chi connectivity index (χ1v) is 7.11. The highest BCUT2D eigenvalue weighted by molar-refractivity contribution is 5.25. The van der Waals surface area contributed by atoms with Gasteiger partial charge in [-0.2, -0.15) is 5.10 Å². The van der Waals surface area contributed by atoms with Gasteiger partial charge in [-0.1, -0.05) is 29.8 Å².